The molecule has 0 fully saturated rings. The summed E-state index contributed by atoms with van der Waals surface area (Å²) in [5, 5.41) is 5.20. The van der Waals surface area contributed by atoms with Crippen LogP contribution in [0.3, 0.4) is 0 Å². The summed E-state index contributed by atoms with van der Waals surface area (Å²) in [4.78, 5) is 24.1. The number of rotatable bonds is 3. The summed E-state index contributed by atoms with van der Waals surface area (Å²) in [6.07, 6.45) is 0. The molecule has 1 N–H and O–H groups in total. The molecule has 6 heteroatoms. The first kappa shape index (κ1) is 16.0. The van der Waals surface area contributed by atoms with Gasteiger partial charge in [-0.3, -0.25) is 4.79 Å². The van der Waals surface area contributed by atoms with Crippen LogP contribution in [-0.4, -0.2) is 11.6 Å². The largest absolute Gasteiger partial charge is 0.422 e. The molecule has 1 heterocycles. The van der Waals surface area contributed by atoms with Gasteiger partial charge in [-0.15, -0.1) is 0 Å². The zero-order valence-corrected chi connectivity index (χ0v) is 13.5. The molecule has 1 amide bonds. The van der Waals surface area contributed by atoms with E-state index in [9.17, 15) is 9.59 Å². The number of hydrogen-bond acceptors (Lipinski definition) is 4. The quantitative estimate of drug-likeness (QED) is 0.450. The van der Waals surface area contributed by atoms with Crippen LogP contribution in [0.1, 0.15) is 22.8 Å². The molecule has 0 aliphatic rings. The lowest BCUT2D eigenvalue weighted by Gasteiger charge is -2.04. The molecule has 0 bridgehead atoms. The fourth-order valence-corrected chi connectivity index (χ4v) is 2.38. The van der Waals surface area contributed by atoms with Crippen molar-refractivity contribution in [2.75, 3.05) is 0 Å². The zero-order chi connectivity index (χ0) is 17.1. The number of benzene rings is 2. The van der Waals surface area contributed by atoms with Gasteiger partial charge in [-0.2, -0.15) is 5.10 Å². The number of carbonyl (C=O) groups is 1. The van der Waals surface area contributed by atoms with Crippen molar-refractivity contribution < 1.29 is 9.21 Å². The molecule has 5 nitrogen and oxygen atoms in total. The Bertz CT molecular complexity index is 994. The van der Waals surface area contributed by atoms with Crippen LogP contribution in [0.15, 0.2) is 68.9 Å². The van der Waals surface area contributed by atoms with E-state index in [4.69, 9.17) is 16.0 Å². The molecule has 0 atom stereocenters. The topological polar surface area (TPSA) is 71.7 Å². The van der Waals surface area contributed by atoms with E-state index in [1.54, 1.807) is 55.5 Å². The predicted octanol–water partition coefficient (Wildman–Crippen LogP) is 3.60. The van der Waals surface area contributed by atoms with E-state index < -0.39 is 5.63 Å². The molecule has 2 aromatic carbocycles. The van der Waals surface area contributed by atoms with Crippen molar-refractivity contribution in [3.63, 3.8) is 0 Å². The standard InChI is InChI=1S/C18H13ClN2O3/c1-11(20-21-17(22)12-5-3-2-4-6-12)15-10-13-9-14(19)7-8-16(13)24-18(15)23/h2-10H,1H3,(H,21,22). The zero-order valence-electron chi connectivity index (χ0n) is 12.7. The van der Waals surface area contributed by atoms with Crippen LogP contribution >= 0.6 is 11.6 Å². The number of hydrogen-bond donors (Lipinski definition) is 1. The molecule has 120 valence electrons. The van der Waals surface area contributed by atoms with Gasteiger partial charge in [0.05, 0.1) is 11.3 Å². The molecule has 24 heavy (non-hydrogen) atoms. The lowest BCUT2D eigenvalue weighted by molar-refractivity contribution is 0.0955. The van der Waals surface area contributed by atoms with Crippen molar-refractivity contribution in [3.05, 3.63) is 81.2 Å². The average Bonchev–Trinajstić information content (AvgIpc) is 2.60. The van der Waals surface area contributed by atoms with E-state index in [1.165, 1.54) is 0 Å². The Morgan fingerprint density at radius 3 is 2.62 bits per heavy atom. The molecule has 0 saturated heterocycles. The first-order chi connectivity index (χ1) is 11.5. The Morgan fingerprint density at radius 2 is 1.88 bits per heavy atom. The van der Waals surface area contributed by atoms with Crippen LogP contribution in [0.2, 0.25) is 5.02 Å². The van der Waals surface area contributed by atoms with E-state index in [0.717, 1.165) is 0 Å². The number of nitrogens with one attached hydrogen (secondary N) is 1. The van der Waals surface area contributed by atoms with Crippen molar-refractivity contribution in [1.82, 2.24) is 5.43 Å². The van der Waals surface area contributed by atoms with Crippen molar-refractivity contribution in [2.24, 2.45) is 5.10 Å². The third-order valence-electron chi connectivity index (χ3n) is 3.45. The molecule has 0 radical (unpaired) electrons. The van der Waals surface area contributed by atoms with E-state index in [-0.39, 0.29) is 11.5 Å². The van der Waals surface area contributed by atoms with Gasteiger partial charge in [0.25, 0.3) is 5.91 Å². The number of halogens is 1. The summed E-state index contributed by atoms with van der Waals surface area (Å²) in [6.45, 7) is 1.62. The van der Waals surface area contributed by atoms with Crippen LogP contribution in [0.4, 0.5) is 0 Å². The predicted molar refractivity (Wildman–Crippen MR) is 93.6 cm³/mol. The average molecular weight is 341 g/mol. The molecular weight excluding hydrogens is 328 g/mol. The smallest absolute Gasteiger partial charge is 0.345 e. The Hall–Kier alpha value is -2.92. The summed E-state index contributed by atoms with van der Waals surface area (Å²) in [5.41, 5.74) is 3.42. The maximum atomic E-state index is 12.1. The highest BCUT2D eigenvalue weighted by atomic mass is 35.5. The second-order valence-corrected chi connectivity index (χ2v) is 5.57. The van der Waals surface area contributed by atoms with E-state index in [1.807, 2.05) is 6.07 Å². The van der Waals surface area contributed by atoms with E-state index >= 15 is 0 Å². The minimum atomic E-state index is -0.528. The molecule has 3 rings (SSSR count). The third kappa shape index (κ3) is 3.36. The second kappa shape index (κ2) is 6.68. The lowest BCUT2D eigenvalue weighted by Crippen LogP contribution is -2.21. The summed E-state index contributed by atoms with van der Waals surface area (Å²) < 4.78 is 5.25. The third-order valence-corrected chi connectivity index (χ3v) is 3.68. The van der Waals surface area contributed by atoms with Gasteiger partial charge in [0.15, 0.2) is 0 Å². The van der Waals surface area contributed by atoms with Gasteiger partial charge in [0, 0.05) is 16.0 Å². The first-order valence-corrected chi connectivity index (χ1v) is 7.56. The van der Waals surface area contributed by atoms with E-state index in [2.05, 4.69) is 10.5 Å². The number of amides is 1. The maximum Gasteiger partial charge on any atom is 0.345 e. The summed E-state index contributed by atoms with van der Waals surface area (Å²) in [6, 6.07) is 15.3. The Kier molecular flexibility index (Phi) is 4.44. The van der Waals surface area contributed by atoms with Gasteiger partial charge in [0.2, 0.25) is 0 Å². The van der Waals surface area contributed by atoms with Gasteiger partial charge < -0.3 is 4.42 Å². The van der Waals surface area contributed by atoms with Gasteiger partial charge >= 0.3 is 5.63 Å². The highest BCUT2D eigenvalue weighted by molar-refractivity contribution is 6.31. The molecule has 0 spiro atoms. The lowest BCUT2D eigenvalue weighted by atomic mass is 10.1. The van der Waals surface area contributed by atoms with E-state index in [0.29, 0.717) is 27.3 Å². The van der Waals surface area contributed by atoms with Crippen LogP contribution < -0.4 is 11.1 Å². The van der Waals surface area contributed by atoms with Crippen LogP contribution in [0, 0.1) is 0 Å². The molecule has 0 aliphatic carbocycles. The fraction of sp³-hybridized carbons (Fsp3) is 0.0556. The molecule has 1 aromatic heterocycles. The number of fused-ring (bicyclic) bond motifs is 1. The van der Waals surface area contributed by atoms with Gasteiger partial charge in [-0.05, 0) is 43.3 Å². The van der Waals surface area contributed by atoms with Crippen LogP contribution in [0.25, 0.3) is 11.0 Å². The van der Waals surface area contributed by atoms with Crippen molar-refractivity contribution in [2.45, 2.75) is 6.92 Å². The number of nitrogens with zero attached hydrogens (tertiary/aromatic N) is 1. The Labute approximate surface area is 142 Å². The number of carbonyl (C=O) groups excluding carboxylic acids is 1. The SMILES string of the molecule is CC(=NNC(=O)c1ccccc1)c1cc2cc(Cl)ccc2oc1=O. The summed E-state index contributed by atoms with van der Waals surface area (Å²) in [5.74, 6) is -0.358. The second-order valence-electron chi connectivity index (χ2n) is 5.13. The molecule has 0 aliphatic heterocycles. The minimum Gasteiger partial charge on any atom is -0.422 e. The minimum absolute atomic E-state index is 0.262. The first-order valence-electron chi connectivity index (χ1n) is 7.18. The van der Waals surface area contributed by atoms with Crippen molar-refractivity contribution >= 4 is 34.2 Å². The highest BCUT2D eigenvalue weighted by Gasteiger charge is 2.10. The van der Waals surface area contributed by atoms with Crippen molar-refractivity contribution in [1.29, 1.82) is 0 Å². The summed E-state index contributed by atoms with van der Waals surface area (Å²) >= 11 is 5.95. The van der Waals surface area contributed by atoms with Gasteiger partial charge in [-0.25, -0.2) is 10.2 Å². The van der Waals surface area contributed by atoms with Gasteiger partial charge in [0.1, 0.15) is 5.58 Å². The van der Waals surface area contributed by atoms with Crippen molar-refractivity contribution in [3.8, 4) is 0 Å². The fourth-order valence-electron chi connectivity index (χ4n) is 2.20. The van der Waals surface area contributed by atoms with Gasteiger partial charge in [-0.1, -0.05) is 29.8 Å². The van der Waals surface area contributed by atoms with Crippen LogP contribution in [-0.2, 0) is 0 Å². The summed E-state index contributed by atoms with van der Waals surface area (Å²) in [7, 11) is 0. The molecule has 0 unspecified atom stereocenters. The maximum absolute atomic E-state index is 12.1. The normalized spacial score (nSPS) is 11.5. The monoisotopic (exact) mass is 340 g/mol. The van der Waals surface area contributed by atoms with Crippen LogP contribution in [0.5, 0.6) is 0 Å². The molecule has 3 aromatic rings. The molecule has 0 saturated carbocycles. The highest BCUT2D eigenvalue weighted by Crippen LogP contribution is 2.19. The number of hydrazone groups is 1. The Morgan fingerprint density at radius 1 is 1.12 bits per heavy atom. The molecular formula is C18H13ClN2O3. The Balaban J connectivity index is 1.90.